The molecular formula is C42H34N2O. The molecule has 0 atom stereocenters. The smallest absolute Gasteiger partial charge is 0.149 e. The van der Waals surface area contributed by atoms with Crippen LogP contribution < -0.4 is 0 Å². The highest BCUT2D eigenvalue weighted by Crippen LogP contribution is 2.44. The van der Waals surface area contributed by atoms with Crippen molar-refractivity contribution in [2.45, 2.75) is 33.1 Å². The summed E-state index contributed by atoms with van der Waals surface area (Å²) in [5, 5.41) is 3.45. The van der Waals surface area contributed by atoms with E-state index in [0.29, 0.717) is 0 Å². The Hall–Kier alpha value is -5.41. The highest BCUT2D eigenvalue weighted by molar-refractivity contribution is 6.04. The number of fused-ring (bicyclic) bond motifs is 3. The average Bonchev–Trinajstić information content (AvgIpc) is 3.65. The summed E-state index contributed by atoms with van der Waals surface area (Å²) in [7, 11) is 0. The predicted molar refractivity (Wildman–Crippen MR) is 188 cm³/mol. The topological polar surface area (TPSA) is 31.0 Å². The maximum absolute atomic E-state index is 6.29. The van der Waals surface area contributed by atoms with Crippen molar-refractivity contribution in [1.82, 2.24) is 9.55 Å². The quantitative estimate of drug-likeness (QED) is 0.207. The summed E-state index contributed by atoms with van der Waals surface area (Å²) in [6.45, 7) is 9.00. The van der Waals surface area contributed by atoms with Gasteiger partial charge in [-0.05, 0) is 81.8 Å². The number of rotatable bonds is 4. The first kappa shape index (κ1) is 27.2. The molecule has 0 spiro atoms. The minimum atomic E-state index is -0.0502. The minimum absolute atomic E-state index is 0.0502. The molecule has 2 aromatic heterocycles. The van der Waals surface area contributed by atoms with Crippen LogP contribution in [-0.2, 0) is 5.41 Å². The van der Waals surface area contributed by atoms with E-state index in [-0.39, 0.29) is 5.41 Å². The summed E-state index contributed by atoms with van der Waals surface area (Å²) < 4.78 is 8.65. The van der Waals surface area contributed by atoms with Gasteiger partial charge >= 0.3 is 0 Å². The number of imidazole rings is 1. The lowest BCUT2D eigenvalue weighted by Gasteiger charge is -2.26. The fourth-order valence-corrected chi connectivity index (χ4v) is 6.55. The molecule has 8 aromatic rings. The molecular weight excluding hydrogens is 548 g/mol. The van der Waals surface area contributed by atoms with E-state index in [2.05, 4.69) is 160 Å². The van der Waals surface area contributed by atoms with E-state index in [0.717, 1.165) is 50.2 Å². The van der Waals surface area contributed by atoms with Crippen LogP contribution in [0.25, 0.3) is 72.1 Å². The van der Waals surface area contributed by atoms with E-state index in [9.17, 15) is 0 Å². The van der Waals surface area contributed by atoms with Gasteiger partial charge in [-0.3, -0.25) is 4.57 Å². The molecule has 0 fully saturated rings. The lowest BCUT2D eigenvalue weighted by Crippen LogP contribution is -2.13. The zero-order chi connectivity index (χ0) is 30.7. The molecule has 0 saturated heterocycles. The third-order valence-electron chi connectivity index (χ3n) is 8.96. The highest BCUT2D eigenvalue weighted by atomic mass is 16.3. The molecule has 218 valence electrons. The van der Waals surface area contributed by atoms with Crippen molar-refractivity contribution in [3.05, 3.63) is 145 Å². The number of nitrogens with zero attached hydrogens (tertiary/aromatic N) is 2. The standard InChI is InChI=1S/C42H34N2O/c1-27-14-13-19-30-22-35-36(26-45-39(35)25-32(27)30)41-43-37-20-11-12-21-38(37)44(41)40-33(28-15-7-5-8-16-28)23-31(42(2,3)4)24-34(40)29-17-9-6-10-18-29/h5-26H,1-4H3. The van der Waals surface area contributed by atoms with Crippen LogP contribution in [0.4, 0.5) is 0 Å². The molecule has 0 aliphatic rings. The Balaban J connectivity index is 1.53. The third-order valence-corrected chi connectivity index (χ3v) is 8.96. The first-order valence-corrected chi connectivity index (χ1v) is 15.5. The first-order valence-electron chi connectivity index (χ1n) is 15.5. The molecule has 45 heavy (non-hydrogen) atoms. The van der Waals surface area contributed by atoms with Gasteiger partial charge in [0.2, 0.25) is 0 Å². The number of aromatic nitrogens is 2. The van der Waals surface area contributed by atoms with E-state index in [1.54, 1.807) is 0 Å². The minimum Gasteiger partial charge on any atom is -0.464 e. The maximum atomic E-state index is 6.29. The zero-order valence-electron chi connectivity index (χ0n) is 26.0. The molecule has 0 aliphatic heterocycles. The number of para-hydroxylation sites is 2. The van der Waals surface area contributed by atoms with Crippen molar-refractivity contribution < 1.29 is 4.42 Å². The van der Waals surface area contributed by atoms with Gasteiger partial charge in [0.15, 0.2) is 0 Å². The molecule has 2 heterocycles. The van der Waals surface area contributed by atoms with Crippen LogP contribution >= 0.6 is 0 Å². The summed E-state index contributed by atoms with van der Waals surface area (Å²) in [6.07, 6.45) is 1.88. The van der Waals surface area contributed by atoms with Crippen molar-refractivity contribution in [1.29, 1.82) is 0 Å². The number of benzene rings is 6. The Kier molecular flexibility index (Phi) is 6.25. The van der Waals surface area contributed by atoms with E-state index in [1.165, 1.54) is 33.0 Å². The number of aryl methyl sites for hydroxylation is 1. The summed E-state index contributed by atoms with van der Waals surface area (Å²) in [4.78, 5) is 5.32. The van der Waals surface area contributed by atoms with E-state index >= 15 is 0 Å². The van der Waals surface area contributed by atoms with E-state index < -0.39 is 0 Å². The SMILES string of the molecule is Cc1cccc2cc3c(-c4nc5ccccc5n4-c4c(-c5ccccc5)cc(C(C)(C)C)cc4-c4ccccc4)coc3cc12. The average molecular weight is 583 g/mol. The molecule has 6 aromatic carbocycles. The van der Waals surface area contributed by atoms with Gasteiger partial charge in [0, 0.05) is 16.5 Å². The zero-order valence-corrected chi connectivity index (χ0v) is 26.0. The van der Waals surface area contributed by atoms with Gasteiger partial charge in [0.25, 0.3) is 0 Å². The molecule has 8 rings (SSSR count). The number of hydrogen-bond donors (Lipinski definition) is 0. The fraction of sp³-hybridized carbons (Fsp3) is 0.119. The lowest BCUT2D eigenvalue weighted by molar-refractivity contribution is 0.590. The van der Waals surface area contributed by atoms with Crippen LogP contribution in [0.1, 0.15) is 31.9 Å². The van der Waals surface area contributed by atoms with Crippen molar-refractivity contribution >= 4 is 32.8 Å². The molecule has 0 N–H and O–H groups in total. The summed E-state index contributed by atoms with van der Waals surface area (Å²) in [5.41, 5.74) is 12.1. The molecule has 3 heteroatoms. The normalized spacial score (nSPS) is 12.0. The van der Waals surface area contributed by atoms with Crippen LogP contribution in [-0.4, -0.2) is 9.55 Å². The fourth-order valence-electron chi connectivity index (χ4n) is 6.55. The molecule has 0 radical (unpaired) electrons. The Labute approximate surface area is 263 Å². The van der Waals surface area contributed by atoms with Crippen LogP contribution in [0.5, 0.6) is 0 Å². The second kappa shape index (κ2) is 10.3. The van der Waals surface area contributed by atoms with Crippen LogP contribution in [0, 0.1) is 6.92 Å². The Morgan fingerprint density at radius 1 is 0.622 bits per heavy atom. The maximum Gasteiger partial charge on any atom is 0.149 e. The molecule has 0 amide bonds. The Morgan fingerprint density at radius 3 is 1.93 bits per heavy atom. The van der Waals surface area contributed by atoms with Crippen molar-refractivity contribution in [3.63, 3.8) is 0 Å². The van der Waals surface area contributed by atoms with E-state index in [1.807, 2.05) is 6.26 Å². The molecule has 0 aliphatic carbocycles. The van der Waals surface area contributed by atoms with Gasteiger partial charge in [0.1, 0.15) is 17.7 Å². The second-order valence-corrected chi connectivity index (χ2v) is 13.0. The molecule has 0 bridgehead atoms. The van der Waals surface area contributed by atoms with Gasteiger partial charge in [-0.15, -0.1) is 0 Å². The third kappa shape index (κ3) is 4.55. The van der Waals surface area contributed by atoms with Gasteiger partial charge in [0.05, 0.1) is 22.3 Å². The largest absolute Gasteiger partial charge is 0.464 e. The van der Waals surface area contributed by atoms with Crippen molar-refractivity contribution in [2.24, 2.45) is 0 Å². The van der Waals surface area contributed by atoms with Gasteiger partial charge in [-0.2, -0.15) is 0 Å². The summed E-state index contributed by atoms with van der Waals surface area (Å²) in [6, 6.07) is 45.5. The van der Waals surface area contributed by atoms with Gasteiger partial charge < -0.3 is 4.42 Å². The lowest BCUT2D eigenvalue weighted by atomic mass is 9.82. The predicted octanol–water partition coefficient (Wildman–Crippen LogP) is 11.5. The van der Waals surface area contributed by atoms with Crippen LogP contribution in [0.2, 0.25) is 0 Å². The molecule has 3 nitrogen and oxygen atoms in total. The number of hydrogen-bond acceptors (Lipinski definition) is 2. The monoisotopic (exact) mass is 582 g/mol. The highest BCUT2D eigenvalue weighted by Gasteiger charge is 2.26. The number of furan rings is 1. The summed E-state index contributed by atoms with van der Waals surface area (Å²) >= 11 is 0. The second-order valence-electron chi connectivity index (χ2n) is 13.0. The van der Waals surface area contributed by atoms with Crippen molar-refractivity contribution in [3.8, 4) is 39.3 Å². The first-order chi connectivity index (χ1) is 21.9. The van der Waals surface area contributed by atoms with E-state index in [4.69, 9.17) is 9.40 Å². The summed E-state index contributed by atoms with van der Waals surface area (Å²) in [5.74, 6) is 0.861. The van der Waals surface area contributed by atoms with Crippen molar-refractivity contribution in [2.75, 3.05) is 0 Å². The van der Waals surface area contributed by atoms with Crippen LogP contribution in [0.3, 0.4) is 0 Å². The Morgan fingerprint density at radius 2 is 1.27 bits per heavy atom. The van der Waals surface area contributed by atoms with Crippen LogP contribution in [0.15, 0.2) is 138 Å². The molecule has 0 unspecified atom stereocenters. The van der Waals surface area contributed by atoms with Gasteiger partial charge in [-0.1, -0.05) is 112 Å². The molecule has 0 saturated carbocycles. The Bertz CT molecular complexity index is 2290. The van der Waals surface area contributed by atoms with Gasteiger partial charge in [-0.25, -0.2) is 4.98 Å².